The fourth-order valence-corrected chi connectivity index (χ4v) is 3.30. The number of halogens is 6. The summed E-state index contributed by atoms with van der Waals surface area (Å²) in [7, 11) is 0. The third-order valence-corrected chi connectivity index (χ3v) is 4.67. The predicted molar refractivity (Wildman–Crippen MR) is 87.5 cm³/mol. The number of hydrogen-bond acceptors (Lipinski definition) is 2. The first kappa shape index (κ1) is 20.2. The Kier molecular flexibility index (Phi) is 5.42. The van der Waals surface area contributed by atoms with E-state index in [1.165, 1.54) is 11.0 Å². The monoisotopic (exact) mass is 405 g/mol. The summed E-state index contributed by atoms with van der Waals surface area (Å²) >= 11 is 0. The maximum atomic E-state index is 13.7. The Morgan fingerprint density at radius 3 is 2.43 bits per heavy atom. The highest BCUT2D eigenvalue weighted by molar-refractivity contribution is 5.77. The number of aromatic nitrogens is 1. The van der Waals surface area contributed by atoms with Crippen LogP contribution in [0.15, 0.2) is 24.3 Å². The van der Waals surface area contributed by atoms with Crippen LogP contribution in [0, 0.1) is 17.5 Å². The normalized spacial score (nSPS) is 15.5. The van der Waals surface area contributed by atoms with Gasteiger partial charge >= 0.3 is 6.18 Å². The largest absolute Gasteiger partial charge is 0.431 e. The van der Waals surface area contributed by atoms with Gasteiger partial charge in [0.25, 0.3) is 0 Å². The molecule has 2 aromatic rings. The van der Waals surface area contributed by atoms with Crippen molar-refractivity contribution in [2.45, 2.75) is 38.1 Å². The van der Waals surface area contributed by atoms with Crippen molar-refractivity contribution in [2.24, 2.45) is 5.73 Å². The summed E-state index contributed by atoms with van der Waals surface area (Å²) in [6.45, 7) is 0.0764. The van der Waals surface area contributed by atoms with Gasteiger partial charge in [-0.05, 0) is 30.2 Å². The SMILES string of the molecule is NC(CC(=O)N1CCn2c(ccc2C(F)(F)F)C1)Cc1cc(F)c(F)cc1F. The van der Waals surface area contributed by atoms with E-state index < -0.39 is 41.3 Å². The fourth-order valence-electron chi connectivity index (χ4n) is 3.30. The molecule has 1 aliphatic heterocycles. The molecule has 1 unspecified atom stereocenters. The van der Waals surface area contributed by atoms with Crippen molar-refractivity contribution >= 4 is 5.91 Å². The molecule has 2 N–H and O–H groups in total. The summed E-state index contributed by atoms with van der Waals surface area (Å²) in [6, 6.07) is 2.54. The van der Waals surface area contributed by atoms with Gasteiger partial charge in [0.05, 0.1) is 6.54 Å². The first-order valence-electron chi connectivity index (χ1n) is 8.48. The number of nitrogens with two attached hydrogens (primary N) is 1. The van der Waals surface area contributed by atoms with Crippen molar-refractivity contribution in [3.05, 3.63) is 58.7 Å². The molecule has 0 radical (unpaired) electrons. The molecule has 1 atom stereocenters. The van der Waals surface area contributed by atoms with E-state index in [2.05, 4.69) is 0 Å². The van der Waals surface area contributed by atoms with Gasteiger partial charge in [-0.3, -0.25) is 4.79 Å². The van der Waals surface area contributed by atoms with Crippen LogP contribution in [-0.2, 0) is 30.5 Å². The van der Waals surface area contributed by atoms with Crippen molar-refractivity contribution in [1.29, 1.82) is 0 Å². The van der Waals surface area contributed by atoms with E-state index in [1.54, 1.807) is 0 Å². The minimum absolute atomic E-state index is 0.00116. The van der Waals surface area contributed by atoms with Crippen LogP contribution in [0.1, 0.15) is 23.4 Å². The Balaban J connectivity index is 1.63. The van der Waals surface area contributed by atoms with Crippen molar-refractivity contribution in [2.75, 3.05) is 6.54 Å². The Bertz CT molecular complexity index is 892. The summed E-state index contributed by atoms with van der Waals surface area (Å²) in [4.78, 5) is 13.8. The third kappa shape index (κ3) is 4.16. The van der Waals surface area contributed by atoms with Gasteiger partial charge in [0.15, 0.2) is 11.6 Å². The van der Waals surface area contributed by atoms with Crippen LogP contribution in [0.2, 0.25) is 0 Å². The van der Waals surface area contributed by atoms with Gasteiger partial charge in [-0.2, -0.15) is 13.2 Å². The number of nitrogens with zero attached hydrogens (tertiary/aromatic N) is 2. The second-order valence-electron chi connectivity index (χ2n) is 6.70. The molecule has 0 spiro atoms. The Morgan fingerprint density at radius 1 is 1.07 bits per heavy atom. The lowest BCUT2D eigenvalue weighted by molar-refractivity contribution is -0.144. The Morgan fingerprint density at radius 2 is 1.75 bits per heavy atom. The lowest BCUT2D eigenvalue weighted by Gasteiger charge is -2.30. The molecule has 28 heavy (non-hydrogen) atoms. The molecule has 3 rings (SSSR count). The van der Waals surface area contributed by atoms with Crippen molar-refractivity contribution in [1.82, 2.24) is 9.47 Å². The topological polar surface area (TPSA) is 51.3 Å². The average Bonchev–Trinajstić information content (AvgIpc) is 3.03. The first-order valence-corrected chi connectivity index (χ1v) is 8.48. The lowest BCUT2D eigenvalue weighted by Crippen LogP contribution is -2.41. The molecule has 0 saturated carbocycles. The van der Waals surface area contributed by atoms with E-state index >= 15 is 0 Å². The van der Waals surface area contributed by atoms with Crippen LogP contribution in [0.25, 0.3) is 0 Å². The van der Waals surface area contributed by atoms with Crippen LogP contribution in [0.3, 0.4) is 0 Å². The van der Waals surface area contributed by atoms with E-state index in [1.807, 2.05) is 0 Å². The Labute approximate surface area is 156 Å². The minimum Gasteiger partial charge on any atom is -0.338 e. The quantitative estimate of drug-likeness (QED) is 0.627. The number of amides is 1. The molecule has 152 valence electrons. The maximum absolute atomic E-state index is 13.7. The summed E-state index contributed by atoms with van der Waals surface area (Å²) in [5, 5.41) is 0. The predicted octanol–water partition coefficient (Wildman–Crippen LogP) is 3.23. The lowest BCUT2D eigenvalue weighted by atomic mass is 10.0. The van der Waals surface area contributed by atoms with Crippen molar-refractivity contribution in [3.8, 4) is 0 Å². The molecule has 0 saturated heterocycles. The number of fused-ring (bicyclic) bond motifs is 1. The van der Waals surface area contributed by atoms with E-state index in [0.717, 1.165) is 10.6 Å². The highest BCUT2D eigenvalue weighted by atomic mass is 19.4. The number of hydrogen-bond donors (Lipinski definition) is 1. The van der Waals surface area contributed by atoms with Gasteiger partial charge in [0.2, 0.25) is 5.91 Å². The highest BCUT2D eigenvalue weighted by Gasteiger charge is 2.36. The van der Waals surface area contributed by atoms with Gasteiger partial charge in [0, 0.05) is 37.3 Å². The standard InChI is InChI=1S/C18H17F6N3O/c19-13-8-15(21)14(20)6-10(13)5-11(25)7-17(28)26-3-4-27-12(9-26)1-2-16(27)18(22,23)24/h1-2,6,8,11H,3-5,7,9,25H2. The van der Waals surface area contributed by atoms with Crippen LogP contribution in [0.5, 0.6) is 0 Å². The molecule has 1 aliphatic rings. The number of benzene rings is 1. The summed E-state index contributed by atoms with van der Waals surface area (Å²) in [6.07, 6.45) is -4.86. The van der Waals surface area contributed by atoms with Crippen LogP contribution >= 0.6 is 0 Å². The molecule has 1 amide bonds. The smallest absolute Gasteiger partial charge is 0.338 e. The van der Waals surface area contributed by atoms with Gasteiger partial charge < -0.3 is 15.2 Å². The van der Waals surface area contributed by atoms with Gasteiger partial charge in [-0.25, -0.2) is 13.2 Å². The molecule has 0 bridgehead atoms. The van der Waals surface area contributed by atoms with Crippen molar-refractivity contribution in [3.63, 3.8) is 0 Å². The zero-order valence-corrected chi connectivity index (χ0v) is 14.6. The summed E-state index contributed by atoms with van der Waals surface area (Å²) in [5.41, 5.74) is 5.28. The molecule has 1 aromatic heterocycles. The molecule has 0 aliphatic carbocycles. The van der Waals surface area contributed by atoms with Gasteiger partial charge in [-0.1, -0.05) is 0 Å². The first-order chi connectivity index (χ1) is 13.1. The maximum Gasteiger partial charge on any atom is 0.431 e. The van der Waals surface area contributed by atoms with Crippen LogP contribution < -0.4 is 5.73 Å². The molecule has 10 heteroatoms. The van der Waals surface area contributed by atoms with E-state index in [0.29, 0.717) is 17.8 Å². The van der Waals surface area contributed by atoms with E-state index in [9.17, 15) is 31.1 Å². The van der Waals surface area contributed by atoms with Gasteiger partial charge in [-0.15, -0.1) is 0 Å². The molecular weight excluding hydrogens is 388 g/mol. The molecule has 2 heterocycles. The fraction of sp³-hybridized carbons (Fsp3) is 0.389. The van der Waals surface area contributed by atoms with Crippen LogP contribution in [-0.4, -0.2) is 28.0 Å². The zero-order valence-electron chi connectivity index (χ0n) is 14.6. The second-order valence-corrected chi connectivity index (χ2v) is 6.70. The van der Waals surface area contributed by atoms with E-state index in [-0.39, 0.29) is 38.0 Å². The van der Waals surface area contributed by atoms with E-state index in [4.69, 9.17) is 5.73 Å². The summed E-state index contributed by atoms with van der Waals surface area (Å²) in [5.74, 6) is -3.90. The minimum atomic E-state index is -4.47. The number of rotatable bonds is 4. The average molecular weight is 405 g/mol. The Hall–Kier alpha value is -2.49. The zero-order chi connectivity index (χ0) is 20.6. The van der Waals surface area contributed by atoms with Gasteiger partial charge in [0.1, 0.15) is 11.5 Å². The second kappa shape index (κ2) is 7.50. The number of carbonyl (C=O) groups is 1. The molecule has 4 nitrogen and oxygen atoms in total. The summed E-state index contributed by atoms with van der Waals surface area (Å²) < 4.78 is 79.8. The number of carbonyl (C=O) groups excluding carboxylic acids is 1. The number of alkyl halides is 3. The molecule has 0 fully saturated rings. The molecular formula is C18H17F6N3O. The van der Waals surface area contributed by atoms with Crippen molar-refractivity contribution < 1.29 is 31.1 Å². The molecule has 1 aromatic carbocycles. The highest BCUT2D eigenvalue weighted by Crippen LogP contribution is 2.32. The van der Waals surface area contributed by atoms with Crippen LogP contribution in [0.4, 0.5) is 26.3 Å². The third-order valence-electron chi connectivity index (χ3n) is 4.67.